The molecule has 0 aromatic carbocycles. The van der Waals surface area contributed by atoms with E-state index in [4.69, 9.17) is 14.2 Å². The standard InChI is InChI=1S/C33H49NO8/c1-15-11-22-26(34-13-15)17(3)33(42-22)10-8-20-21-6-5-18-12-19(40-31-30(39)29(38)27(36)23(14-35)41-31)7-9-32(18,4)25(21)28(37)24(20)16(33)2/h5,15,17,19-23,25-27,29-31,34-36,38-39H,6-14H2,1-4H3/t15-,17+,19-,20-,21-,22+,23+,25+,26-,27+,29-,30+,31-,32-,33-/m0/s1. The third-order valence-electron chi connectivity index (χ3n) is 12.8. The summed E-state index contributed by atoms with van der Waals surface area (Å²) in [6.45, 7) is 9.60. The highest BCUT2D eigenvalue weighted by Gasteiger charge is 2.63. The fourth-order valence-electron chi connectivity index (χ4n) is 10.4. The first-order valence-electron chi connectivity index (χ1n) is 16.3. The van der Waals surface area contributed by atoms with Gasteiger partial charge in [0.05, 0.1) is 24.4 Å². The lowest BCUT2D eigenvalue weighted by Crippen LogP contribution is -2.60. The average molecular weight is 588 g/mol. The van der Waals surface area contributed by atoms with Crippen molar-refractivity contribution in [1.82, 2.24) is 5.32 Å². The minimum atomic E-state index is -1.46. The fraction of sp³-hybridized carbons (Fsp3) is 0.848. The predicted octanol–water partition coefficient (Wildman–Crippen LogP) is 2.01. The van der Waals surface area contributed by atoms with Crippen molar-refractivity contribution in [3.05, 3.63) is 22.8 Å². The zero-order valence-electron chi connectivity index (χ0n) is 25.4. The molecule has 234 valence electrons. The van der Waals surface area contributed by atoms with Crippen LogP contribution in [0.15, 0.2) is 22.8 Å². The third kappa shape index (κ3) is 4.14. The Balaban J connectivity index is 1.11. The van der Waals surface area contributed by atoms with E-state index >= 15 is 0 Å². The van der Waals surface area contributed by atoms with Gasteiger partial charge in [-0.05, 0) is 87.2 Å². The molecule has 5 N–H and O–H groups in total. The van der Waals surface area contributed by atoms with Crippen LogP contribution < -0.4 is 5.32 Å². The number of carbonyl (C=O) groups excluding carboxylic acids is 1. The van der Waals surface area contributed by atoms with Crippen molar-refractivity contribution in [2.75, 3.05) is 13.2 Å². The minimum Gasteiger partial charge on any atom is -0.394 e. The molecule has 0 aromatic heterocycles. The summed E-state index contributed by atoms with van der Waals surface area (Å²) < 4.78 is 18.8. The van der Waals surface area contributed by atoms with E-state index in [1.165, 1.54) is 11.1 Å². The summed E-state index contributed by atoms with van der Waals surface area (Å²) in [5.41, 5.74) is 2.89. The summed E-state index contributed by atoms with van der Waals surface area (Å²) in [5, 5.41) is 44.2. The van der Waals surface area contributed by atoms with Crippen molar-refractivity contribution in [2.45, 2.75) is 127 Å². The van der Waals surface area contributed by atoms with E-state index in [-0.39, 0.29) is 35.1 Å². The Morgan fingerprint density at radius 2 is 1.90 bits per heavy atom. The maximum atomic E-state index is 14.5. The highest BCUT2D eigenvalue weighted by atomic mass is 16.7. The van der Waals surface area contributed by atoms with Crippen LogP contribution in [0.25, 0.3) is 0 Å². The minimum absolute atomic E-state index is 0.0482. The number of fused-ring (bicyclic) bond motifs is 6. The van der Waals surface area contributed by atoms with Gasteiger partial charge in [-0.3, -0.25) is 4.79 Å². The largest absolute Gasteiger partial charge is 0.394 e. The molecular formula is C33H49NO8. The summed E-state index contributed by atoms with van der Waals surface area (Å²) in [5.74, 6) is 1.81. The van der Waals surface area contributed by atoms with E-state index in [1.807, 2.05) is 0 Å². The van der Waals surface area contributed by atoms with E-state index in [0.29, 0.717) is 42.4 Å². The first kappa shape index (κ1) is 29.5. The van der Waals surface area contributed by atoms with Gasteiger partial charge in [0.15, 0.2) is 12.1 Å². The van der Waals surface area contributed by atoms with Crippen molar-refractivity contribution in [3.8, 4) is 0 Å². The monoisotopic (exact) mass is 587 g/mol. The molecule has 15 atom stereocenters. The molecule has 1 spiro atoms. The number of ketones is 1. The summed E-state index contributed by atoms with van der Waals surface area (Å²) >= 11 is 0. The normalized spacial score (nSPS) is 53.9. The number of aliphatic hydroxyl groups is 4. The van der Waals surface area contributed by atoms with Crippen LogP contribution in [0.4, 0.5) is 0 Å². The molecule has 4 aliphatic carbocycles. The number of rotatable bonds is 3. The zero-order valence-corrected chi connectivity index (χ0v) is 25.4. The molecule has 3 heterocycles. The Labute approximate surface area is 248 Å². The topological polar surface area (TPSA) is 138 Å². The quantitative estimate of drug-likeness (QED) is 0.314. The van der Waals surface area contributed by atoms with Gasteiger partial charge >= 0.3 is 0 Å². The number of carbonyl (C=O) groups is 1. The Hall–Kier alpha value is -1.17. The van der Waals surface area contributed by atoms with Crippen LogP contribution in [0.5, 0.6) is 0 Å². The maximum Gasteiger partial charge on any atom is 0.186 e. The number of hydrogen-bond donors (Lipinski definition) is 5. The first-order valence-corrected chi connectivity index (χ1v) is 16.3. The lowest BCUT2D eigenvalue weighted by molar-refractivity contribution is -0.312. The molecule has 3 aliphatic heterocycles. The predicted molar refractivity (Wildman–Crippen MR) is 153 cm³/mol. The number of hydrogen-bond acceptors (Lipinski definition) is 9. The average Bonchev–Trinajstić information content (AvgIpc) is 3.42. The Kier molecular flexibility index (Phi) is 7.34. The summed E-state index contributed by atoms with van der Waals surface area (Å²) in [4.78, 5) is 14.5. The number of ether oxygens (including phenoxy) is 3. The molecule has 7 aliphatic rings. The van der Waals surface area contributed by atoms with Crippen LogP contribution in [0.2, 0.25) is 0 Å². The van der Waals surface area contributed by atoms with Crippen LogP contribution in [-0.2, 0) is 19.0 Å². The van der Waals surface area contributed by atoms with Gasteiger partial charge in [0.1, 0.15) is 24.4 Å². The number of allylic oxidation sites excluding steroid dienone is 2. The van der Waals surface area contributed by atoms with Crippen LogP contribution in [0.3, 0.4) is 0 Å². The Morgan fingerprint density at radius 3 is 2.67 bits per heavy atom. The number of aliphatic hydroxyl groups excluding tert-OH is 4. The van der Waals surface area contributed by atoms with Gasteiger partial charge in [-0.25, -0.2) is 0 Å². The van der Waals surface area contributed by atoms with Gasteiger partial charge in [-0.15, -0.1) is 0 Å². The molecule has 9 heteroatoms. The van der Waals surface area contributed by atoms with Crippen molar-refractivity contribution in [3.63, 3.8) is 0 Å². The van der Waals surface area contributed by atoms with Gasteiger partial charge in [-0.1, -0.05) is 32.4 Å². The number of Topliss-reactive ketones (excluding diaryl/α,β-unsaturated/α-hetero) is 1. The second-order valence-electron chi connectivity index (χ2n) is 14.9. The highest BCUT2D eigenvalue weighted by molar-refractivity contribution is 6.02. The van der Waals surface area contributed by atoms with Crippen molar-refractivity contribution < 1.29 is 39.4 Å². The van der Waals surface area contributed by atoms with Gasteiger partial charge in [0.25, 0.3) is 0 Å². The molecule has 3 saturated heterocycles. The smallest absolute Gasteiger partial charge is 0.186 e. The molecule has 0 unspecified atom stereocenters. The highest BCUT2D eigenvalue weighted by Crippen LogP contribution is 2.64. The van der Waals surface area contributed by atoms with Crippen LogP contribution in [0, 0.1) is 35.0 Å². The summed E-state index contributed by atoms with van der Waals surface area (Å²) in [6.07, 6.45) is 1.93. The van der Waals surface area contributed by atoms with Gasteiger partial charge in [0, 0.05) is 23.5 Å². The zero-order chi connectivity index (χ0) is 29.7. The van der Waals surface area contributed by atoms with E-state index < -0.39 is 37.3 Å². The molecular weight excluding hydrogens is 538 g/mol. The fourth-order valence-corrected chi connectivity index (χ4v) is 10.4. The molecule has 5 fully saturated rings. The van der Waals surface area contributed by atoms with E-state index in [1.54, 1.807) is 0 Å². The Morgan fingerprint density at radius 1 is 1.12 bits per heavy atom. The van der Waals surface area contributed by atoms with Gasteiger partial charge in [0.2, 0.25) is 0 Å². The van der Waals surface area contributed by atoms with E-state index in [0.717, 1.165) is 44.2 Å². The molecule has 9 nitrogen and oxygen atoms in total. The molecule has 0 aromatic rings. The van der Waals surface area contributed by atoms with Gasteiger partial charge in [-0.2, -0.15) is 0 Å². The lowest BCUT2D eigenvalue weighted by Gasteiger charge is -2.49. The van der Waals surface area contributed by atoms with Crippen LogP contribution >= 0.6 is 0 Å². The molecule has 7 rings (SSSR count). The molecule has 0 radical (unpaired) electrons. The van der Waals surface area contributed by atoms with E-state index in [2.05, 4.69) is 39.1 Å². The summed E-state index contributed by atoms with van der Waals surface area (Å²) in [6, 6.07) is 0.344. The Bertz CT molecular complexity index is 1170. The second kappa shape index (κ2) is 10.4. The van der Waals surface area contributed by atoms with Crippen LogP contribution in [0.1, 0.15) is 72.6 Å². The second-order valence-corrected chi connectivity index (χ2v) is 14.9. The molecule has 0 bridgehead atoms. The third-order valence-corrected chi connectivity index (χ3v) is 12.8. The molecule has 2 saturated carbocycles. The first-order chi connectivity index (χ1) is 20.0. The number of piperidine rings is 1. The van der Waals surface area contributed by atoms with Crippen molar-refractivity contribution in [2.24, 2.45) is 35.0 Å². The SMILES string of the molecule is CC1=C2C(=O)[C@H]3[C@@H](CC=C4C[C@@H](O[C@H]5O[C@H](CO)[C@@H](O)[C@H](O)[C@H]5O)CC[C@@]43C)[C@@H]2CC[C@]12O[C@@H]1C[C@H](C)CN[C@H]1[C@H]2C. The van der Waals surface area contributed by atoms with Crippen LogP contribution in [-0.4, -0.2) is 93.9 Å². The lowest BCUT2D eigenvalue weighted by atomic mass is 9.56. The summed E-state index contributed by atoms with van der Waals surface area (Å²) in [7, 11) is 0. The molecule has 42 heavy (non-hydrogen) atoms. The van der Waals surface area contributed by atoms with E-state index in [9.17, 15) is 25.2 Å². The van der Waals surface area contributed by atoms with Gasteiger partial charge < -0.3 is 40.0 Å². The van der Waals surface area contributed by atoms with Crippen molar-refractivity contribution >= 4 is 5.78 Å². The van der Waals surface area contributed by atoms with Crippen molar-refractivity contribution in [1.29, 1.82) is 0 Å². The number of nitrogens with one attached hydrogen (secondary N) is 1. The molecule has 0 amide bonds. The maximum absolute atomic E-state index is 14.5.